The molecule has 2 heteroatoms. The molecule has 100 valence electrons. The van der Waals surface area contributed by atoms with E-state index in [-0.39, 0.29) is 17.4 Å². The van der Waals surface area contributed by atoms with Crippen LogP contribution in [0.2, 0.25) is 0 Å². The zero-order valence-corrected chi connectivity index (χ0v) is 12.6. The first-order valence-corrected chi connectivity index (χ1v) is 6.51. The van der Waals surface area contributed by atoms with Crippen LogP contribution in [0.1, 0.15) is 54.7 Å². The molecular weight excluding hydrogens is 222 g/mol. The highest BCUT2D eigenvalue weighted by molar-refractivity contribution is 5.97. The van der Waals surface area contributed by atoms with Crippen LogP contribution in [0.15, 0.2) is 12.1 Å². The van der Waals surface area contributed by atoms with E-state index in [1.807, 2.05) is 13.8 Å². The van der Waals surface area contributed by atoms with E-state index < -0.39 is 0 Å². The van der Waals surface area contributed by atoms with Gasteiger partial charge in [-0.1, -0.05) is 38.5 Å². The van der Waals surface area contributed by atoms with E-state index >= 15 is 0 Å². The summed E-state index contributed by atoms with van der Waals surface area (Å²) in [6.07, 6.45) is 0. The van der Waals surface area contributed by atoms with Gasteiger partial charge in [0.2, 0.25) is 0 Å². The summed E-state index contributed by atoms with van der Waals surface area (Å²) < 4.78 is 0. The summed E-state index contributed by atoms with van der Waals surface area (Å²) in [5.74, 6) is 0.0347. The van der Waals surface area contributed by atoms with E-state index in [9.17, 15) is 4.79 Å². The van der Waals surface area contributed by atoms with Gasteiger partial charge in [0.25, 0.3) is 5.91 Å². The molecule has 2 nitrogen and oxygen atoms in total. The van der Waals surface area contributed by atoms with Gasteiger partial charge in [0, 0.05) is 11.6 Å². The third kappa shape index (κ3) is 3.34. The Hall–Kier alpha value is -1.31. The van der Waals surface area contributed by atoms with Crippen molar-refractivity contribution in [2.75, 3.05) is 0 Å². The number of benzene rings is 1. The number of hydrogen-bond acceptors (Lipinski definition) is 1. The molecule has 1 atom stereocenters. The Morgan fingerprint density at radius 2 is 1.56 bits per heavy atom. The molecule has 0 bridgehead atoms. The van der Waals surface area contributed by atoms with Crippen molar-refractivity contribution in [3.8, 4) is 0 Å². The molecule has 0 aliphatic carbocycles. The quantitative estimate of drug-likeness (QED) is 0.846. The minimum absolute atomic E-state index is 0.0347. The standard InChI is InChI=1S/C16H25NO/c1-10-8-11(2)14(12(3)9-10)15(18)17-13(4)16(5,6)7/h8-9,13H,1-7H3,(H,17,18). The Morgan fingerprint density at radius 3 is 1.94 bits per heavy atom. The third-order valence-electron chi connectivity index (χ3n) is 3.55. The van der Waals surface area contributed by atoms with Gasteiger partial charge in [-0.25, -0.2) is 0 Å². The van der Waals surface area contributed by atoms with Gasteiger partial charge in [-0.05, 0) is 44.2 Å². The van der Waals surface area contributed by atoms with Gasteiger partial charge in [0.1, 0.15) is 0 Å². The van der Waals surface area contributed by atoms with Crippen molar-refractivity contribution in [3.63, 3.8) is 0 Å². The molecular formula is C16H25NO. The minimum Gasteiger partial charge on any atom is -0.349 e. The SMILES string of the molecule is Cc1cc(C)c(C(=O)NC(C)C(C)(C)C)c(C)c1. The Labute approximate surface area is 111 Å². The topological polar surface area (TPSA) is 29.1 Å². The maximum atomic E-state index is 12.3. The molecule has 0 radical (unpaired) electrons. The summed E-state index contributed by atoms with van der Waals surface area (Å²) in [5, 5.41) is 3.10. The van der Waals surface area contributed by atoms with Crippen molar-refractivity contribution in [1.82, 2.24) is 5.32 Å². The molecule has 0 spiro atoms. The average molecular weight is 247 g/mol. The molecule has 0 saturated heterocycles. The second kappa shape index (κ2) is 5.13. The van der Waals surface area contributed by atoms with Crippen LogP contribution < -0.4 is 5.32 Å². The summed E-state index contributed by atoms with van der Waals surface area (Å²) in [5.41, 5.74) is 4.18. The Bertz CT molecular complexity index is 432. The predicted octanol–water partition coefficient (Wildman–Crippen LogP) is 3.78. The molecule has 0 saturated carbocycles. The lowest BCUT2D eigenvalue weighted by Crippen LogP contribution is -2.41. The van der Waals surface area contributed by atoms with Crippen LogP contribution in [0.25, 0.3) is 0 Å². The molecule has 1 aromatic rings. The molecule has 0 aliphatic heterocycles. The van der Waals surface area contributed by atoms with Crippen molar-refractivity contribution < 1.29 is 4.79 Å². The van der Waals surface area contributed by atoms with Crippen LogP contribution in [-0.2, 0) is 0 Å². The van der Waals surface area contributed by atoms with E-state index in [0.29, 0.717) is 0 Å². The van der Waals surface area contributed by atoms with Crippen molar-refractivity contribution in [3.05, 3.63) is 34.4 Å². The van der Waals surface area contributed by atoms with Crippen LogP contribution in [-0.4, -0.2) is 11.9 Å². The number of carbonyl (C=O) groups excluding carboxylic acids is 1. The fraction of sp³-hybridized carbons (Fsp3) is 0.562. The van der Waals surface area contributed by atoms with Crippen LogP contribution in [0.3, 0.4) is 0 Å². The lowest BCUT2D eigenvalue weighted by atomic mass is 9.87. The van der Waals surface area contributed by atoms with E-state index in [2.05, 4.69) is 52.1 Å². The number of amides is 1. The first-order valence-electron chi connectivity index (χ1n) is 6.51. The van der Waals surface area contributed by atoms with Gasteiger partial charge in [-0.15, -0.1) is 0 Å². The van der Waals surface area contributed by atoms with Gasteiger partial charge < -0.3 is 5.32 Å². The predicted molar refractivity (Wildman–Crippen MR) is 77.0 cm³/mol. The average Bonchev–Trinajstić information content (AvgIpc) is 2.13. The largest absolute Gasteiger partial charge is 0.349 e. The molecule has 1 amide bonds. The summed E-state index contributed by atoms with van der Waals surface area (Å²) in [4.78, 5) is 12.3. The number of nitrogens with one attached hydrogen (secondary N) is 1. The highest BCUT2D eigenvalue weighted by atomic mass is 16.1. The van der Waals surface area contributed by atoms with Crippen LogP contribution in [0.5, 0.6) is 0 Å². The normalized spacial score (nSPS) is 13.3. The number of aryl methyl sites for hydroxylation is 3. The monoisotopic (exact) mass is 247 g/mol. The van der Waals surface area contributed by atoms with Crippen LogP contribution in [0.4, 0.5) is 0 Å². The van der Waals surface area contributed by atoms with Gasteiger partial charge in [0.05, 0.1) is 0 Å². The first kappa shape index (κ1) is 14.7. The Kier molecular flexibility index (Phi) is 4.20. The molecule has 1 unspecified atom stereocenters. The number of rotatable bonds is 2. The van der Waals surface area contributed by atoms with Crippen molar-refractivity contribution >= 4 is 5.91 Å². The zero-order valence-electron chi connectivity index (χ0n) is 12.6. The first-order chi connectivity index (χ1) is 8.12. The maximum absolute atomic E-state index is 12.3. The van der Waals surface area contributed by atoms with Crippen molar-refractivity contribution in [1.29, 1.82) is 0 Å². The second-order valence-electron chi connectivity index (χ2n) is 6.33. The smallest absolute Gasteiger partial charge is 0.252 e. The molecule has 0 fully saturated rings. The lowest BCUT2D eigenvalue weighted by molar-refractivity contribution is 0.0909. The van der Waals surface area contributed by atoms with Crippen molar-refractivity contribution in [2.45, 2.75) is 54.5 Å². The Balaban J connectivity index is 2.99. The number of hydrogen-bond donors (Lipinski definition) is 1. The van der Waals surface area contributed by atoms with Crippen LogP contribution in [0, 0.1) is 26.2 Å². The molecule has 1 rings (SSSR count). The van der Waals surface area contributed by atoms with Gasteiger partial charge in [-0.2, -0.15) is 0 Å². The van der Waals surface area contributed by atoms with Gasteiger partial charge in [-0.3, -0.25) is 4.79 Å². The van der Waals surface area contributed by atoms with E-state index in [1.165, 1.54) is 5.56 Å². The van der Waals surface area contributed by atoms with E-state index in [0.717, 1.165) is 16.7 Å². The van der Waals surface area contributed by atoms with Gasteiger partial charge >= 0.3 is 0 Å². The number of carbonyl (C=O) groups is 1. The summed E-state index contributed by atoms with van der Waals surface area (Å²) in [6, 6.07) is 4.26. The molecule has 0 aliphatic rings. The van der Waals surface area contributed by atoms with Gasteiger partial charge in [0.15, 0.2) is 0 Å². The fourth-order valence-corrected chi connectivity index (χ4v) is 2.02. The molecule has 18 heavy (non-hydrogen) atoms. The van der Waals surface area contributed by atoms with Crippen LogP contribution >= 0.6 is 0 Å². The molecule has 0 heterocycles. The second-order valence-corrected chi connectivity index (χ2v) is 6.33. The summed E-state index contributed by atoms with van der Waals surface area (Å²) in [7, 11) is 0. The zero-order chi connectivity index (χ0) is 14.1. The summed E-state index contributed by atoms with van der Waals surface area (Å²) in [6.45, 7) is 14.5. The molecule has 1 aromatic carbocycles. The fourth-order valence-electron chi connectivity index (χ4n) is 2.02. The van der Waals surface area contributed by atoms with E-state index in [4.69, 9.17) is 0 Å². The maximum Gasteiger partial charge on any atom is 0.252 e. The highest BCUT2D eigenvalue weighted by Gasteiger charge is 2.23. The molecule has 0 aromatic heterocycles. The minimum atomic E-state index is 0.0347. The van der Waals surface area contributed by atoms with Crippen molar-refractivity contribution in [2.24, 2.45) is 5.41 Å². The Morgan fingerprint density at radius 1 is 1.11 bits per heavy atom. The summed E-state index contributed by atoms with van der Waals surface area (Å²) >= 11 is 0. The highest BCUT2D eigenvalue weighted by Crippen LogP contribution is 2.21. The third-order valence-corrected chi connectivity index (χ3v) is 3.55. The lowest BCUT2D eigenvalue weighted by Gasteiger charge is -2.28. The molecule has 1 N–H and O–H groups in total. The van der Waals surface area contributed by atoms with E-state index in [1.54, 1.807) is 0 Å².